The Morgan fingerprint density at radius 2 is 0.812 bits per heavy atom. The minimum atomic E-state index is 0.928. The zero-order valence-electron chi connectivity index (χ0n) is 27.4. The Balaban J connectivity index is 1.25. The average Bonchev–Trinajstić information content (AvgIpc) is 3.79. The van der Waals surface area contributed by atoms with Crippen molar-refractivity contribution in [2.75, 3.05) is 0 Å². The molecule has 0 spiro atoms. The van der Waals surface area contributed by atoms with Gasteiger partial charge in [-0.3, -0.25) is 0 Å². The second-order valence-electron chi connectivity index (χ2n) is 13.7. The Bertz CT molecular complexity index is 2520. The number of benzene rings is 7. The Hall–Kier alpha value is -5.66. The Morgan fingerprint density at radius 1 is 0.375 bits per heavy atom. The van der Waals surface area contributed by atoms with Gasteiger partial charge < -0.3 is 4.42 Å². The van der Waals surface area contributed by atoms with E-state index in [9.17, 15) is 0 Å². The molecule has 7 aromatic carbocycles. The highest BCUT2D eigenvalue weighted by atomic mass is 16.3. The molecule has 0 bridgehead atoms. The second kappa shape index (κ2) is 10.2. The van der Waals surface area contributed by atoms with Gasteiger partial charge in [-0.05, 0) is 159 Å². The van der Waals surface area contributed by atoms with E-state index in [-0.39, 0.29) is 0 Å². The van der Waals surface area contributed by atoms with Crippen molar-refractivity contribution in [2.24, 2.45) is 0 Å². The van der Waals surface area contributed by atoms with Crippen LogP contribution in [-0.2, 0) is 12.8 Å². The van der Waals surface area contributed by atoms with Crippen molar-refractivity contribution in [1.82, 2.24) is 0 Å². The highest BCUT2D eigenvalue weighted by molar-refractivity contribution is 6.07. The van der Waals surface area contributed by atoms with Gasteiger partial charge in [0.05, 0.1) is 0 Å². The number of para-hydroxylation sites is 1. The standard InChI is InChI=1S/C47H34O/c1-27-45(34-18-16-32-22-30-10-4-6-12-37(30)40(32)24-34)28(2)47(36-20-21-44-42(26-36)39-14-8-9-15-43(39)48-44)29(3)46(27)35-19-17-33-23-31-11-5-7-13-38(31)41(33)25-35/h4-21,24-26H,22-23H2,1-3H3. The minimum Gasteiger partial charge on any atom is -0.456 e. The van der Waals surface area contributed by atoms with Crippen LogP contribution in [0.15, 0.2) is 132 Å². The lowest BCUT2D eigenvalue weighted by Gasteiger charge is -2.24. The van der Waals surface area contributed by atoms with Gasteiger partial charge in [0, 0.05) is 10.8 Å². The lowest BCUT2D eigenvalue weighted by atomic mass is 9.80. The van der Waals surface area contributed by atoms with Crippen molar-refractivity contribution < 1.29 is 4.42 Å². The SMILES string of the molecule is Cc1c(-c2ccc3c(c2)-c2ccccc2C3)c(C)c(-c2ccc3oc4ccccc4c3c2)c(C)c1-c1ccc2c(c1)-c1ccccc1C2. The van der Waals surface area contributed by atoms with Gasteiger partial charge in [-0.1, -0.05) is 97.1 Å². The summed E-state index contributed by atoms with van der Waals surface area (Å²) in [4.78, 5) is 0. The zero-order chi connectivity index (χ0) is 32.1. The first-order valence-electron chi connectivity index (χ1n) is 17.0. The molecule has 0 atom stereocenters. The average molecular weight is 615 g/mol. The molecule has 1 nitrogen and oxygen atoms in total. The van der Waals surface area contributed by atoms with Gasteiger partial charge in [0.1, 0.15) is 11.2 Å². The van der Waals surface area contributed by atoms with E-state index in [0.29, 0.717) is 0 Å². The van der Waals surface area contributed by atoms with E-state index >= 15 is 0 Å². The zero-order valence-corrected chi connectivity index (χ0v) is 27.4. The van der Waals surface area contributed by atoms with E-state index in [4.69, 9.17) is 4.42 Å². The summed E-state index contributed by atoms with van der Waals surface area (Å²) in [5, 5.41) is 2.32. The molecule has 1 heterocycles. The van der Waals surface area contributed by atoms with Gasteiger partial charge in [0.25, 0.3) is 0 Å². The summed E-state index contributed by atoms with van der Waals surface area (Å²) in [5.41, 5.74) is 24.7. The van der Waals surface area contributed by atoms with Crippen LogP contribution in [0.5, 0.6) is 0 Å². The fourth-order valence-corrected chi connectivity index (χ4v) is 8.96. The third-order valence-electron chi connectivity index (χ3n) is 11.1. The smallest absolute Gasteiger partial charge is 0.135 e. The maximum Gasteiger partial charge on any atom is 0.135 e. The molecule has 0 fully saturated rings. The minimum absolute atomic E-state index is 0.928. The van der Waals surface area contributed by atoms with E-state index < -0.39 is 0 Å². The van der Waals surface area contributed by atoms with Gasteiger partial charge >= 0.3 is 0 Å². The van der Waals surface area contributed by atoms with Gasteiger partial charge in [0.15, 0.2) is 0 Å². The molecule has 2 aliphatic carbocycles. The lowest BCUT2D eigenvalue weighted by molar-refractivity contribution is 0.669. The van der Waals surface area contributed by atoms with Gasteiger partial charge in [0.2, 0.25) is 0 Å². The number of fused-ring (bicyclic) bond motifs is 9. The number of hydrogen-bond acceptors (Lipinski definition) is 1. The van der Waals surface area contributed by atoms with Crippen LogP contribution in [0, 0.1) is 20.8 Å². The lowest BCUT2D eigenvalue weighted by Crippen LogP contribution is -2.01. The van der Waals surface area contributed by atoms with Crippen molar-refractivity contribution in [3.63, 3.8) is 0 Å². The van der Waals surface area contributed by atoms with Crippen molar-refractivity contribution >= 4 is 21.9 Å². The normalized spacial score (nSPS) is 12.7. The molecule has 0 saturated carbocycles. The molecule has 0 radical (unpaired) electrons. The first-order valence-corrected chi connectivity index (χ1v) is 17.0. The van der Waals surface area contributed by atoms with Crippen molar-refractivity contribution in [2.45, 2.75) is 33.6 Å². The largest absolute Gasteiger partial charge is 0.456 e. The first kappa shape index (κ1) is 27.5. The summed E-state index contributed by atoms with van der Waals surface area (Å²) in [6, 6.07) is 47.2. The number of furan rings is 1. The maximum atomic E-state index is 6.25. The van der Waals surface area contributed by atoms with Crippen LogP contribution in [0.3, 0.4) is 0 Å². The third-order valence-corrected chi connectivity index (χ3v) is 11.1. The molecule has 228 valence electrons. The molecular formula is C47H34O. The van der Waals surface area contributed by atoms with E-state index in [0.717, 1.165) is 34.8 Å². The van der Waals surface area contributed by atoms with Crippen LogP contribution in [0.25, 0.3) is 77.6 Å². The van der Waals surface area contributed by atoms with E-state index in [1.165, 1.54) is 94.6 Å². The monoisotopic (exact) mass is 614 g/mol. The summed E-state index contributed by atoms with van der Waals surface area (Å²) in [6.45, 7) is 6.99. The summed E-state index contributed by atoms with van der Waals surface area (Å²) in [7, 11) is 0. The van der Waals surface area contributed by atoms with Crippen LogP contribution in [0.4, 0.5) is 0 Å². The Morgan fingerprint density at radius 3 is 1.40 bits per heavy atom. The highest BCUT2D eigenvalue weighted by Crippen LogP contribution is 2.48. The molecule has 0 saturated heterocycles. The van der Waals surface area contributed by atoms with Gasteiger partial charge in [-0.2, -0.15) is 0 Å². The number of rotatable bonds is 3. The third kappa shape index (κ3) is 3.91. The van der Waals surface area contributed by atoms with Gasteiger partial charge in [-0.15, -0.1) is 0 Å². The predicted octanol–water partition coefficient (Wildman–Crippen LogP) is 12.7. The summed E-state index contributed by atoms with van der Waals surface area (Å²) in [5.74, 6) is 0. The van der Waals surface area contributed by atoms with Crippen LogP contribution in [0.1, 0.15) is 38.9 Å². The quantitative estimate of drug-likeness (QED) is 0.193. The summed E-state index contributed by atoms with van der Waals surface area (Å²) >= 11 is 0. The van der Waals surface area contributed by atoms with E-state index in [1.54, 1.807) is 0 Å². The van der Waals surface area contributed by atoms with Crippen molar-refractivity contribution in [3.8, 4) is 55.6 Å². The summed E-state index contributed by atoms with van der Waals surface area (Å²) < 4.78 is 6.25. The molecule has 1 aromatic heterocycles. The molecule has 0 aliphatic heterocycles. The summed E-state index contributed by atoms with van der Waals surface area (Å²) in [6.07, 6.45) is 2.01. The van der Waals surface area contributed by atoms with Crippen LogP contribution >= 0.6 is 0 Å². The highest BCUT2D eigenvalue weighted by Gasteiger charge is 2.25. The number of hydrogen-bond donors (Lipinski definition) is 0. The van der Waals surface area contributed by atoms with E-state index in [2.05, 4.69) is 142 Å². The van der Waals surface area contributed by atoms with E-state index in [1.807, 2.05) is 6.07 Å². The van der Waals surface area contributed by atoms with Crippen LogP contribution < -0.4 is 0 Å². The second-order valence-corrected chi connectivity index (χ2v) is 13.7. The maximum absolute atomic E-state index is 6.25. The molecule has 2 aliphatic rings. The Kier molecular flexibility index (Phi) is 5.82. The predicted molar refractivity (Wildman–Crippen MR) is 201 cm³/mol. The molecular weight excluding hydrogens is 581 g/mol. The topological polar surface area (TPSA) is 13.1 Å². The molecule has 10 rings (SSSR count). The molecule has 8 aromatic rings. The molecule has 48 heavy (non-hydrogen) atoms. The molecule has 0 N–H and O–H groups in total. The van der Waals surface area contributed by atoms with Crippen molar-refractivity contribution in [3.05, 3.63) is 166 Å². The van der Waals surface area contributed by atoms with Crippen LogP contribution in [-0.4, -0.2) is 0 Å². The molecule has 0 amide bonds. The fraction of sp³-hybridized carbons (Fsp3) is 0.106. The van der Waals surface area contributed by atoms with Crippen molar-refractivity contribution in [1.29, 1.82) is 0 Å². The Labute approximate surface area is 281 Å². The molecule has 0 unspecified atom stereocenters. The van der Waals surface area contributed by atoms with Crippen LogP contribution in [0.2, 0.25) is 0 Å². The molecule has 1 heteroatoms. The van der Waals surface area contributed by atoms with Gasteiger partial charge in [-0.25, -0.2) is 0 Å². The first-order chi connectivity index (χ1) is 23.5. The fourth-order valence-electron chi connectivity index (χ4n) is 8.96.